The molecule has 1 aliphatic heterocycles. The van der Waals surface area contributed by atoms with E-state index in [9.17, 15) is 4.39 Å². The molecular formula is C20H30FN3O. The lowest BCUT2D eigenvalue weighted by Crippen LogP contribution is -2.45. The monoisotopic (exact) mass is 347 g/mol. The molecule has 5 heteroatoms. The van der Waals surface area contributed by atoms with E-state index in [2.05, 4.69) is 10.2 Å². The summed E-state index contributed by atoms with van der Waals surface area (Å²) in [6, 6.07) is 6.43. The Morgan fingerprint density at radius 3 is 2.32 bits per heavy atom. The first-order valence-corrected chi connectivity index (χ1v) is 9.70. The number of nitrogens with one attached hydrogen (secondary N) is 1. The van der Waals surface area contributed by atoms with Crippen LogP contribution in [0.25, 0.3) is 0 Å². The number of fused-ring (bicyclic) bond motifs is 1. The van der Waals surface area contributed by atoms with Gasteiger partial charge in [0.15, 0.2) is 0 Å². The molecule has 6 atom stereocenters. The summed E-state index contributed by atoms with van der Waals surface area (Å²) in [6.07, 6.45) is 4.91. The third-order valence-electron chi connectivity index (χ3n) is 6.13. The number of hydrogen-bond donors (Lipinski definition) is 2. The lowest BCUT2D eigenvalue weighted by Gasteiger charge is -2.37. The van der Waals surface area contributed by atoms with Gasteiger partial charge in [-0.15, -0.1) is 0 Å². The predicted molar refractivity (Wildman–Crippen MR) is 99.5 cm³/mol. The zero-order valence-electron chi connectivity index (χ0n) is 15.2. The molecule has 4 unspecified atom stereocenters. The molecule has 0 bridgehead atoms. The lowest BCUT2D eigenvalue weighted by molar-refractivity contribution is -0.00539. The van der Waals surface area contributed by atoms with Gasteiger partial charge in [-0.25, -0.2) is 4.39 Å². The van der Waals surface area contributed by atoms with Crippen molar-refractivity contribution >= 4 is 11.4 Å². The maximum Gasteiger partial charge on any atom is 0.148 e. The molecule has 4 rings (SSSR count). The van der Waals surface area contributed by atoms with E-state index in [0.29, 0.717) is 17.8 Å². The van der Waals surface area contributed by atoms with E-state index in [-0.39, 0.29) is 18.0 Å². The molecule has 0 spiro atoms. The Hall–Kier alpha value is -1.33. The first kappa shape index (κ1) is 17.1. The van der Waals surface area contributed by atoms with Crippen LogP contribution in [0.1, 0.15) is 39.5 Å². The number of rotatable bonds is 3. The molecule has 3 aliphatic rings. The second-order valence-corrected chi connectivity index (χ2v) is 8.39. The predicted octanol–water partition coefficient (Wildman–Crippen LogP) is 3.37. The molecule has 3 fully saturated rings. The Bertz CT molecular complexity index is 601. The molecule has 0 radical (unpaired) electrons. The number of nitrogens with two attached hydrogens (primary N) is 1. The van der Waals surface area contributed by atoms with Gasteiger partial charge in [0.2, 0.25) is 0 Å². The fourth-order valence-electron chi connectivity index (χ4n) is 5.24. The number of morpholine rings is 1. The Kier molecular flexibility index (Phi) is 4.63. The van der Waals surface area contributed by atoms with E-state index in [1.807, 2.05) is 26.0 Å². The minimum atomic E-state index is -0.147. The first-order valence-electron chi connectivity index (χ1n) is 9.70. The third-order valence-corrected chi connectivity index (χ3v) is 6.13. The quantitative estimate of drug-likeness (QED) is 0.880. The number of nitrogens with zero attached hydrogens (tertiary/aromatic N) is 1. The molecule has 4 nitrogen and oxygen atoms in total. The smallest absolute Gasteiger partial charge is 0.148 e. The largest absolute Gasteiger partial charge is 0.382 e. The summed E-state index contributed by atoms with van der Waals surface area (Å²) in [5, 5.41) is 3.55. The molecular weight excluding hydrogens is 317 g/mol. The highest BCUT2D eigenvalue weighted by Gasteiger charge is 2.40. The highest BCUT2D eigenvalue weighted by molar-refractivity contribution is 5.57. The summed E-state index contributed by atoms with van der Waals surface area (Å²) in [5.74, 6) is 1.37. The van der Waals surface area contributed by atoms with Gasteiger partial charge >= 0.3 is 0 Å². The van der Waals surface area contributed by atoms with Crippen LogP contribution in [0.5, 0.6) is 0 Å². The van der Waals surface area contributed by atoms with Gasteiger partial charge in [-0.2, -0.15) is 0 Å². The van der Waals surface area contributed by atoms with Crippen molar-refractivity contribution in [3.63, 3.8) is 0 Å². The Balaban J connectivity index is 1.40. The Morgan fingerprint density at radius 2 is 1.72 bits per heavy atom. The van der Waals surface area contributed by atoms with Gasteiger partial charge in [0.25, 0.3) is 0 Å². The van der Waals surface area contributed by atoms with Gasteiger partial charge in [-0.05, 0) is 69.6 Å². The molecule has 1 saturated heterocycles. The minimum absolute atomic E-state index is 0.130. The maximum absolute atomic E-state index is 14.7. The van der Waals surface area contributed by atoms with E-state index in [1.165, 1.54) is 12.8 Å². The fourth-order valence-corrected chi connectivity index (χ4v) is 5.24. The van der Waals surface area contributed by atoms with Crippen molar-refractivity contribution in [2.24, 2.45) is 17.6 Å². The van der Waals surface area contributed by atoms with Crippen molar-refractivity contribution in [3.8, 4) is 0 Å². The zero-order chi connectivity index (χ0) is 17.6. The molecule has 138 valence electrons. The Morgan fingerprint density at radius 1 is 1.08 bits per heavy atom. The highest BCUT2D eigenvalue weighted by Crippen LogP contribution is 2.44. The van der Waals surface area contributed by atoms with Crippen molar-refractivity contribution in [1.29, 1.82) is 0 Å². The van der Waals surface area contributed by atoms with E-state index in [1.54, 1.807) is 6.07 Å². The minimum Gasteiger partial charge on any atom is -0.382 e. The topological polar surface area (TPSA) is 50.5 Å². The number of anilines is 2. The summed E-state index contributed by atoms with van der Waals surface area (Å²) in [4.78, 5) is 2.10. The van der Waals surface area contributed by atoms with Crippen LogP contribution in [0, 0.1) is 17.7 Å². The van der Waals surface area contributed by atoms with Crippen LogP contribution in [-0.2, 0) is 4.74 Å². The van der Waals surface area contributed by atoms with Crippen molar-refractivity contribution in [2.45, 2.75) is 63.8 Å². The average molecular weight is 347 g/mol. The molecule has 3 N–H and O–H groups in total. The van der Waals surface area contributed by atoms with Gasteiger partial charge in [0, 0.05) is 30.9 Å². The van der Waals surface area contributed by atoms with Crippen LogP contribution < -0.4 is 16.0 Å². The molecule has 2 aliphatic carbocycles. The molecule has 2 saturated carbocycles. The van der Waals surface area contributed by atoms with Gasteiger partial charge in [-0.1, -0.05) is 0 Å². The van der Waals surface area contributed by atoms with Crippen molar-refractivity contribution in [3.05, 3.63) is 24.0 Å². The molecule has 0 aromatic heterocycles. The van der Waals surface area contributed by atoms with Crippen molar-refractivity contribution < 1.29 is 9.13 Å². The summed E-state index contributed by atoms with van der Waals surface area (Å²) in [5.41, 5.74) is 7.64. The third kappa shape index (κ3) is 3.63. The second-order valence-electron chi connectivity index (χ2n) is 8.39. The summed E-state index contributed by atoms with van der Waals surface area (Å²) >= 11 is 0. The van der Waals surface area contributed by atoms with Gasteiger partial charge in [0.1, 0.15) is 5.82 Å². The normalized spacial score (nSPS) is 38.0. The number of benzene rings is 1. The van der Waals surface area contributed by atoms with Crippen LogP contribution in [0.15, 0.2) is 18.2 Å². The van der Waals surface area contributed by atoms with Gasteiger partial charge < -0.3 is 20.7 Å². The summed E-state index contributed by atoms with van der Waals surface area (Å²) < 4.78 is 20.5. The number of halogens is 1. The zero-order valence-corrected chi connectivity index (χ0v) is 15.2. The van der Waals surface area contributed by atoms with E-state index in [0.717, 1.165) is 43.5 Å². The van der Waals surface area contributed by atoms with Crippen LogP contribution >= 0.6 is 0 Å². The standard InChI is InChI=1S/C20H30FN3O/c1-12-10-24(11-13(2)25-12)20-4-3-17(9-19(20)21)23-18-7-14-5-16(22)6-15(14)8-18/h3-4,9,12-16,18,23H,5-8,10-11,22H2,1-2H3/t12?,13?,14-,15+,16?,18?. The van der Waals surface area contributed by atoms with Gasteiger partial charge in [0.05, 0.1) is 17.9 Å². The van der Waals surface area contributed by atoms with Crippen molar-refractivity contribution in [1.82, 2.24) is 0 Å². The molecule has 1 aromatic carbocycles. The SMILES string of the molecule is CC1CN(c2ccc(NC3C[C@H]4CC(N)C[C@H]4C3)cc2F)CC(C)O1. The van der Waals surface area contributed by atoms with Crippen molar-refractivity contribution in [2.75, 3.05) is 23.3 Å². The van der Waals surface area contributed by atoms with Crippen LogP contribution in [-0.4, -0.2) is 37.4 Å². The van der Waals surface area contributed by atoms with E-state index < -0.39 is 0 Å². The van der Waals surface area contributed by atoms with Crippen LogP contribution in [0.4, 0.5) is 15.8 Å². The molecule has 0 amide bonds. The van der Waals surface area contributed by atoms with Crippen LogP contribution in [0.3, 0.4) is 0 Å². The van der Waals surface area contributed by atoms with E-state index >= 15 is 0 Å². The Labute approximate surface area is 149 Å². The molecule has 1 heterocycles. The number of ether oxygens (including phenoxy) is 1. The second kappa shape index (κ2) is 6.76. The molecule has 1 aromatic rings. The molecule has 25 heavy (non-hydrogen) atoms. The number of hydrogen-bond acceptors (Lipinski definition) is 4. The van der Waals surface area contributed by atoms with Crippen LogP contribution in [0.2, 0.25) is 0 Å². The fraction of sp³-hybridized carbons (Fsp3) is 0.700. The van der Waals surface area contributed by atoms with Gasteiger partial charge in [-0.3, -0.25) is 0 Å². The lowest BCUT2D eigenvalue weighted by atomic mass is 10.0. The summed E-state index contributed by atoms with van der Waals surface area (Å²) in [7, 11) is 0. The van der Waals surface area contributed by atoms with E-state index in [4.69, 9.17) is 10.5 Å². The highest BCUT2D eigenvalue weighted by atomic mass is 19.1. The maximum atomic E-state index is 14.7. The first-order chi connectivity index (χ1) is 12.0. The summed E-state index contributed by atoms with van der Waals surface area (Å²) in [6.45, 7) is 5.55. The average Bonchev–Trinajstić information content (AvgIpc) is 3.02.